The number of aliphatic hydroxyl groups is 1. The van der Waals surface area contributed by atoms with Crippen molar-refractivity contribution in [3.8, 4) is 0 Å². The zero-order valence-electron chi connectivity index (χ0n) is 11.8. The van der Waals surface area contributed by atoms with Gasteiger partial charge in [0.05, 0.1) is 11.6 Å². The first-order chi connectivity index (χ1) is 9.58. The van der Waals surface area contributed by atoms with E-state index in [1.807, 2.05) is 30.3 Å². The lowest BCUT2D eigenvalue weighted by atomic mass is 9.92. The number of alkyl carbamates (subject to hydrolysis) is 1. The number of carbonyl (C=O) groups is 1. The number of hydrogen-bond donors (Lipinski definition) is 3. The maximum Gasteiger partial charge on any atom is 0.407 e. The second-order valence-corrected chi connectivity index (χ2v) is 5.42. The topological polar surface area (TPSA) is 70.6 Å². The van der Waals surface area contributed by atoms with Gasteiger partial charge in [-0.05, 0) is 31.9 Å². The van der Waals surface area contributed by atoms with Gasteiger partial charge in [-0.3, -0.25) is 0 Å². The molecule has 1 aliphatic rings. The van der Waals surface area contributed by atoms with Gasteiger partial charge in [-0.15, -0.1) is 0 Å². The van der Waals surface area contributed by atoms with Gasteiger partial charge in [0.1, 0.15) is 6.61 Å². The molecule has 0 saturated carbocycles. The van der Waals surface area contributed by atoms with Gasteiger partial charge in [-0.25, -0.2) is 4.79 Å². The second kappa shape index (κ2) is 6.72. The van der Waals surface area contributed by atoms with E-state index < -0.39 is 11.7 Å². The lowest BCUT2D eigenvalue weighted by molar-refractivity contribution is 0.0153. The van der Waals surface area contributed by atoms with Crippen molar-refractivity contribution in [1.29, 1.82) is 0 Å². The first-order valence-electron chi connectivity index (χ1n) is 6.98. The molecule has 0 spiro atoms. The van der Waals surface area contributed by atoms with Crippen LogP contribution in [-0.4, -0.2) is 35.9 Å². The molecule has 1 fully saturated rings. The highest BCUT2D eigenvalue weighted by Gasteiger charge is 2.34. The molecule has 1 aliphatic heterocycles. The van der Waals surface area contributed by atoms with Gasteiger partial charge in [0.2, 0.25) is 0 Å². The summed E-state index contributed by atoms with van der Waals surface area (Å²) in [6.07, 6.45) is 1.05. The molecular weight excluding hydrogens is 256 g/mol. The largest absolute Gasteiger partial charge is 0.445 e. The van der Waals surface area contributed by atoms with Gasteiger partial charge in [0, 0.05) is 6.54 Å². The number of benzene rings is 1. The number of amides is 1. The Labute approximate surface area is 119 Å². The highest BCUT2D eigenvalue weighted by Crippen LogP contribution is 2.19. The van der Waals surface area contributed by atoms with Crippen LogP contribution in [0.3, 0.4) is 0 Å². The monoisotopic (exact) mass is 278 g/mol. The standard InChI is InChI=1S/C15H22N2O3/c1-15(19)8-5-9-16-10-13(15)17-14(18)20-11-12-6-3-2-4-7-12/h2-4,6-7,13,16,19H,5,8-11H2,1H3,(H,17,18)/t13-,15+/m0/s1. The SMILES string of the molecule is C[C@@]1(O)CCCNC[C@@H]1NC(=O)OCc1ccccc1. The van der Waals surface area contributed by atoms with Crippen LogP contribution in [0.15, 0.2) is 30.3 Å². The minimum atomic E-state index is -0.907. The molecule has 2 rings (SSSR count). The Morgan fingerprint density at radius 3 is 3.00 bits per heavy atom. The predicted molar refractivity (Wildman–Crippen MR) is 76.3 cm³/mol. The fourth-order valence-electron chi connectivity index (χ4n) is 2.33. The van der Waals surface area contributed by atoms with Gasteiger partial charge in [-0.1, -0.05) is 30.3 Å². The zero-order valence-corrected chi connectivity index (χ0v) is 11.8. The molecule has 1 saturated heterocycles. The molecule has 1 amide bonds. The van der Waals surface area contributed by atoms with Crippen molar-refractivity contribution >= 4 is 6.09 Å². The molecule has 20 heavy (non-hydrogen) atoms. The normalized spacial score (nSPS) is 26.6. The fourth-order valence-corrected chi connectivity index (χ4v) is 2.33. The average molecular weight is 278 g/mol. The summed E-state index contributed by atoms with van der Waals surface area (Å²) >= 11 is 0. The summed E-state index contributed by atoms with van der Waals surface area (Å²) in [5.74, 6) is 0. The third-order valence-corrected chi connectivity index (χ3v) is 3.64. The molecule has 5 heteroatoms. The van der Waals surface area contributed by atoms with E-state index in [9.17, 15) is 9.90 Å². The summed E-state index contributed by atoms with van der Waals surface area (Å²) in [5.41, 5.74) is 0.0309. The van der Waals surface area contributed by atoms with Gasteiger partial charge >= 0.3 is 6.09 Å². The summed E-state index contributed by atoms with van der Waals surface area (Å²) in [5, 5.41) is 16.3. The quantitative estimate of drug-likeness (QED) is 0.782. The minimum absolute atomic E-state index is 0.231. The van der Waals surface area contributed by atoms with Crippen LogP contribution in [0, 0.1) is 0 Å². The molecule has 0 bridgehead atoms. The van der Waals surface area contributed by atoms with Gasteiger partial charge in [0.25, 0.3) is 0 Å². The van der Waals surface area contributed by atoms with E-state index >= 15 is 0 Å². The molecule has 2 atom stereocenters. The third-order valence-electron chi connectivity index (χ3n) is 3.64. The highest BCUT2D eigenvalue weighted by atomic mass is 16.5. The molecule has 3 N–H and O–H groups in total. The summed E-state index contributed by atoms with van der Waals surface area (Å²) in [6.45, 7) is 3.39. The van der Waals surface area contributed by atoms with Crippen molar-refractivity contribution in [1.82, 2.24) is 10.6 Å². The summed E-state index contributed by atoms with van der Waals surface area (Å²) in [6, 6.07) is 9.17. The van der Waals surface area contributed by atoms with Gasteiger partial charge < -0.3 is 20.5 Å². The molecule has 0 aliphatic carbocycles. The van der Waals surface area contributed by atoms with Crippen molar-refractivity contribution < 1.29 is 14.6 Å². The van der Waals surface area contributed by atoms with E-state index in [1.54, 1.807) is 6.92 Å². The molecular formula is C15H22N2O3. The van der Waals surface area contributed by atoms with Crippen LogP contribution in [-0.2, 0) is 11.3 Å². The van der Waals surface area contributed by atoms with E-state index in [-0.39, 0.29) is 12.6 Å². The van der Waals surface area contributed by atoms with Crippen LogP contribution >= 0.6 is 0 Å². The smallest absolute Gasteiger partial charge is 0.407 e. The molecule has 0 unspecified atom stereocenters. The van der Waals surface area contributed by atoms with Crippen LogP contribution < -0.4 is 10.6 Å². The first kappa shape index (κ1) is 14.8. The molecule has 1 aromatic rings. The van der Waals surface area contributed by atoms with Gasteiger partial charge in [-0.2, -0.15) is 0 Å². The Bertz CT molecular complexity index is 434. The maximum atomic E-state index is 11.8. The van der Waals surface area contributed by atoms with Crippen molar-refractivity contribution in [3.05, 3.63) is 35.9 Å². The van der Waals surface area contributed by atoms with E-state index in [0.717, 1.165) is 18.5 Å². The maximum absolute atomic E-state index is 11.8. The zero-order chi connectivity index (χ0) is 14.4. The van der Waals surface area contributed by atoms with Crippen molar-refractivity contribution in [2.75, 3.05) is 13.1 Å². The van der Waals surface area contributed by atoms with Crippen molar-refractivity contribution in [2.45, 2.75) is 38.0 Å². The average Bonchev–Trinajstić information content (AvgIpc) is 2.60. The van der Waals surface area contributed by atoms with Crippen molar-refractivity contribution in [2.24, 2.45) is 0 Å². The summed E-state index contributed by atoms with van der Waals surface area (Å²) in [4.78, 5) is 11.8. The number of hydrogen-bond acceptors (Lipinski definition) is 4. The lowest BCUT2D eigenvalue weighted by Gasteiger charge is -2.31. The Morgan fingerprint density at radius 2 is 2.25 bits per heavy atom. The summed E-state index contributed by atoms with van der Waals surface area (Å²) < 4.78 is 5.18. The third kappa shape index (κ3) is 4.21. The van der Waals surface area contributed by atoms with E-state index in [1.165, 1.54) is 0 Å². The fraction of sp³-hybridized carbons (Fsp3) is 0.533. The summed E-state index contributed by atoms with van der Waals surface area (Å²) in [7, 11) is 0. The van der Waals surface area contributed by atoms with Crippen molar-refractivity contribution in [3.63, 3.8) is 0 Å². The Kier molecular flexibility index (Phi) is 4.98. The number of rotatable bonds is 3. The Morgan fingerprint density at radius 1 is 1.50 bits per heavy atom. The van der Waals surface area contributed by atoms with Crippen LogP contribution in [0.25, 0.3) is 0 Å². The highest BCUT2D eigenvalue weighted by molar-refractivity contribution is 5.67. The van der Waals surface area contributed by atoms with Crippen LogP contribution in [0.5, 0.6) is 0 Å². The number of nitrogens with one attached hydrogen (secondary N) is 2. The predicted octanol–water partition coefficient (Wildman–Crippen LogP) is 1.42. The second-order valence-electron chi connectivity index (χ2n) is 5.42. The minimum Gasteiger partial charge on any atom is -0.445 e. The first-order valence-corrected chi connectivity index (χ1v) is 6.98. The Balaban J connectivity index is 1.84. The number of ether oxygens (including phenoxy) is 1. The van der Waals surface area contributed by atoms with E-state index in [0.29, 0.717) is 13.0 Å². The van der Waals surface area contributed by atoms with Crippen LogP contribution in [0.2, 0.25) is 0 Å². The molecule has 1 aromatic carbocycles. The van der Waals surface area contributed by atoms with Crippen LogP contribution in [0.4, 0.5) is 4.79 Å². The lowest BCUT2D eigenvalue weighted by Crippen LogP contribution is -2.54. The molecule has 5 nitrogen and oxygen atoms in total. The van der Waals surface area contributed by atoms with Gasteiger partial charge in [0.15, 0.2) is 0 Å². The molecule has 0 aromatic heterocycles. The molecule has 0 radical (unpaired) electrons. The van der Waals surface area contributed by atoms with E-state index in [2.05, 4.69) is 10.6 Å². The van der Waals surface area contributed by atoms with E-state index in [4.69, 9.17) is 4.74 Å². The molecule has 110 valence electrons. The Hall–Kier alpha value is -1.59. The number of carbonyl (C=O) groups excluding carboxylic acids is 1. The van der Waals surface area contributed by atoms with Crippen LogP contribution in [0.1, 0.15) is 25.3 Å². The molecule has 1 heterocycles.